The van der Waals surface area contributed by atoms with Crippen LogP contribution in [0, 0.1) is 5.92 Å². The van der Waals surface area contributed by atoms with Gasteiger partial charge in [-0.2, -0.15) is 0 Å². The summed E-state index contributed by atoms with van der Waals surface area (Å²) < 4.78 is 0. The molecule has 20 heavy (non-hydrogen) atoms. The van der Waals surface area contributed by atoms with Crippen molar-refractivity contribution in [2.75, 3.05) is 5.32 Å². The monoisotopic (exact) mass is 273 g/mol. The van der Waals surface area contributed by atoms with Gasteiger partial charge in [0.05, 0.1) is 16.7 Å². The molecule has 1 aromatic carbocycles. The van der Waals surface area contributed by atoms with Crippen molar-refractivity contribution in [3.05, 3.63) is 29.3 Å². The number of rotatable bonds is 3. The minimum absolute atomic E-state index is 0.210. The van der Waals surface area contributed by atoms with Crippen LogP contribution in [0.1, 0.15) is 40.5 Å². The Morgan fingerprint density at radius 1 is 1.30 bits per heavy atom. The summed E-state index contributed by atoms with van der Waals surface area (Å²) in [5.41, 5.74) is 6.19. The molecule has 1 atom stereocenters. The van der Waals surface area contributed by atoms with Gasteiger partial charge in [-0.05, 0) is 43.9 Å². The van der Waals surface area contributed by atoms with Gasteiger partial charge in [-0.15, -0.1) is 0 Å². The highest BCUT2D eigenvalue weighted by Gasteiger charge is 2.44. The molecular weight excluding hydrogens is 258 g/mol. The number of benzene rings is 1. The molecule has 0 radical (unpaired) electrons. The molecule has 1 fully saturated rings. The Bertz CT molecular complexity index is 633. The van der Waals surface area contributed by atoms with Crippen LogP contribution in [0.3, 0.4) is 0 Å². The van der Waals surface area contributed by atoms with Crippen molar-refractivity contribution in [2.45, 2.75) is 25.3 Å². The predicted octanol–water partition coefficient (Wildman–Crippen LogP) is 0.636. The van der Waals surface area contributed by atoms with E-state index < -0.39 is 17.4 Å². The number of carbonyl (C=O) groups is 3. The molecule has 3 rings (SSSR count). The molecule has 1 aliphatic heterocycles. The van der Waals surface area contributed by atoms with Crippen molar-refractivity contribution in [1.82, 2.24) is 5.32 Å². The van der Waals surface area contributed by atoms with Gasteiger partial charge in [0.25, 0.3) is 11.8 Å². The Morgan fingerprint density at radius 3 is 2.60 bits per heavy atom. The van der Waals surface area contributed by atoms with Gasteiger partial charge < -0.3 is 11.1 Å². The Morgan fingerprint density at radius 2 is 1.95 bits per heavy atom. The summed E-state index contributed by atoms with van der Waals surface area (Å²) in [5, 5.41) is 4.92. The molecule has 1 aliphatic carbocycles. The lowest BCUT2D eigenvalue weighted by atomic mass is 9.96. The first kappa shape index (κ1) is 12.8. The van der Waals surface area contributed by atoms with Gasteiger partial charge in [0.15, 0.2) is 0 Å². The smallest absolute Gasteiger partial charge is 0.259 e. The standard InChI is InChI=1S/C14H15N3O3/c1-14(15,7-2-3-7)13(20)16-8-4-5-9-10(6-8)12(19)17-11(9)18/h4-7H,2-3,15H2,1H3,(H,16,20)(H,17,18,19). The first-order valence-corrected chi connectivity index (χ1v) is 6.49. The average molecular weight is 273 g/mol. The van der Waals surface area contributed by atoms with Gasteiger partial charge in [-0.1, -0.05) is 0 Å². The maximum absolute atomic E-state index is 12.2. The highest BCUT2D eigenvalue weighted by atomic mass is 16.2. The second-order valence-electron chi connectivity index (χ2n) is 5.55. The summed E-state index contributed by atoms with van der Waals surface area (Å²) in [7, 11) is 0. The largest absolute Gasteiger partial charge is 0.324 e. The number of nitrogens with one attached hydrogen (secondary N) is 2. The molecule has 6 heteroatoms. The van der Waals surface area contributed by atoms with E-state index in [0.29, 0.717) is 11.3 Å². The third-order valence-electron chi connectivity index (χ3n) is 3.91. The van der Waals surface area contributed by atoms with Crippen molar-refractivity contribution in [2.24, 2.45) is 11.7 Å². The summed E-state index contributed by atoms with van der Waals surface area (Å²) >= 11 is 0. The Hall–Kier alpha value is -2.21. The number of hydrogen-bond donors (Lipinski definition) is 3. The zero-order valence-electron chi connectivity index (χ0n) is 11.0. The number of nitrogens with two attached hydrogens (primary N) is 1. The molecule has 0 spiro atoms. The molecule has 4 N–H and O–H groups in total. The second-order valence-corrected chi connectivity index (χ2v) is 5.55. The van der Waals surface area contributed by atoms with Crippen LogP contribution in [0.4, 0.5) is 5.69 Å². The zero-order chi connectivity index (χ0) is 14.5. The summed E-state index contributed by atoms with van der Waals surface area (Å²) in [4.78, 5) is 35.1. The van der Waals surface area contributed by atoms with E-state index in [-0.39, 0.29) is 17.4 Å². The van der Waals surface area contributed by atoms with Gasteiger partial charge in [-0.3, -0.25) is 19.7 Å². The molecular formula is C14H15N3O3. The molecule has 6 nitrogen and oxygen atoms in total. The van der Waals surface area contributed by atoms with Gasteiger partial charge in [0.1, 0.15) is 0 Å². The van der Waals surface area contributed by atoms with E-state index in [1.807, 2.05) is 0 Å². The number of imide groups is 1. The quantitative estimate of drug-likeness (QED) is 0.703. The van der Waals surface area contributed by atoms with Gasteiger partial charge >= 0.3 is 0 Å². The fourth-order valence-corrected chi connectivity index (χ4v) is 2.38. The highest BCUT2D eigenvalue weighted by Crippen LogP contribution is 2.38. The topological polar surface area (TPSA) is 101 Å². The van der Waals surface area contributed by atoms with Crippen molar-refractivity contribution in [1.29, 1.82) is 0 Å². The van der Waals surface area contributed by atoms with Crippen LogP contribution in [0.25, 0.3) is 0 Å². The van der Waals surface area contributed by atoms with Crippen molar-refractivity contribution in [3.8, 4) is 0 Å². The van der Waals surface area contributed by atoms with E-state index in [1.165, 1.54) is 12.1 Å². The number of anilines is 1. The first-order valence-electron chi connectivity index (χ1n) is 6.49. The van der Waals surface area contributed by atoms with Gasteiger partial charge in [0, 0.05) is 5.69 Å². The number of hydrogen-bond acceptors (Lipinski definition) is 4. The van der Waals surface area contributed by atoms with E-state index in [4.69, 9.17) is 5.73 Å². The maximum atomic E-state index is 12.2. The Balaban J connectivity index is 1.82. The summed E-state index contributed by atoms with van der Waals surface area (Å²) in [6.45, 7) is 1.71. The molecule has 1 heterocycles. The first-order chi connectivity index (χ1) is 9.39. The van der Waals surface area contributed by atoms with Crippen LogP contribution in [0.2, 0.25) is 0 Å². The number of fused-ring (bicyclic) bond motifs is 1. The van der Waals surface area contributed by atoms with Crippen LogP contribution >= 0.6 is 0 Å². The third kappa shape index (κ3) is 1.98. The minimum Gasteiger partial charge on any atom is -0.324 e. The summed E-state index contributed by atoms with van der Waals surface area (Å²) in [5.74, 6) is -0.921. The average Bonchev–Trinajstić information content (AvgIpc) is 3.19. The van der Waals surface area contributed by atoms with Gasteiger partial charge in [0.2, 0.25) is 5.91 Å². The van der Waals surface area contributed by atoms with Crippen molar-refractivity contribution in [3.63, 3.8) is 0 Å². The van der Waals surface area contributed by atoms with E-state index in [9.17, 15) is 14.4 Å². The second kappa shape index (κ2) is 4.14. The maximum Gasteiger partial charge on any atom is 0.259 e. The van der Waals surface area contributed by atoms with Crippen molar-refractivity contribution < 1.29 is 14.4 Å². The van der Waals surface area contributed by atoms with Crippen LogP contribution < -0.4 is 16.4 Å². The molecule has 0 saturated heterocycles. The SMILES string of the molecule is CC(N)(C(=O)Nc1ccc2c(c1)C(=O)NC2=O)C1CC1. The van der Waals surface area contributed by atoms with Crippen molar-refractivity contribution >= 4 is 23.4 Å². The van der Waals surface area contributed by atoms with Crippen LogP contribution in [0.5, 0.6) is 0 Å². The van der Waals surface area contributed by atoms with E-state index >= 15 is 0 Å². The lowest BCUT2D eigenvalue weighted by molar-refractivity contribution is -0.121. The Kier molecular flexibility index (Phi) is 2.65. The predicted molar refractivity (Wildman–Crippen MR) is 72.2 cm³/mol. The summed E-state index contributed by atoms with van der Waals surface area (Å²) in [6, 6.07) is 4.62. The van der Waals surface area contributed by atoms with Crippen LogP contribution in [0.15, 0.2) is 18.2 Å². The van der Waals surface area contributed by atoms with Gasteiger partial charge in [-0.25, -0.2) is 0 Å². The van der Waals surface area contributed by atoms with E-state index in [0.717, 1.165) is 12.8 Å². The summed E-state index contributed by atoms with van der Waals surface area (Å²) in [6.07, 6.45) is 1.92. The molecule has 0 bridgehead atoms. The molecule has 0 aromatic heterocycles. The minimum atomic E-state index is -0.906. The fourth-order valence-electron chi connectivity index (χ4n) is 2.38. The molecule has 1 saturated carbocycles. The number of amides is 3. The number of carbonyl (C=O) groups excluding carboxylic acids is 3. The molecule has 2 aliphatic rings. The van der Waals surface area contributed by atoms with Crippen LogP contribution in [-0.4, -0.2) is 23.3 Å². The van der Waals surface area contributed by atoms with E-state index in [2.05, 4.69) is 10.6 Å². The third-order valence-corrected chi connectivity index (χ3v) is 3.91. The van der Waals surface area contributed by atoms with E-state index in [1.54, 1.807) is 13.0 Å². The lowest BCUT2D eigenvalue weighted by Gasteiger charge is -2.23. The molecule has 1 aromatic rings. The molecule has 104 valence electrons. The fraction of sp³-hybridized carbons (Fsp3) is 0.357. The normalized spacial score (nSPS) is 20.1. The van der Waals surface area contributed by atoms with Crippen LogP contribution in [-0.2, 0) is 4.79 Å². The Labute approximate surface area is 115 Å². The zero-order valence-corrected chi connectivity index (χ0v) is 11.0. The highest BCUT2D eigenvalue weighted by molar-refractivity contribution is 6.22. The lowest BCUT2D eigenvalue weighted by Crippen LogP contribution is -2.50. The molecule has 3 amide bonds. The molecule has 1 unspecified atom stereocenters.